The molecule has 3 heterocycles. The number of fused-ring (bicyclic) bond motifs is 7. The van der Waals surface area contributed by atoms with Crippen molar-refractivity contribution in [3.8, 4) is 27.4 Å². The molecule has 6 aromatic carbocycles. The van der Waals surface area contributed by atoms with E-state index in [0.717, 1.165) is 54.8 Å². The first-order valence-electron chi connectivity index (χ1n) is 13.7. The summed E-state index contributed by atoms with van der Waals surface area (Å²) in [5.41, 5.74) is 9.72. The molecule has 0 spiro atoms. The molecule has 41 heavy (non-hydrogen) atoms. The van der Waals surface area contributed by atoms with Gasteiger partial charge in [0.2, 0.25) is 0 Å². The van der Waals surface area contributed by atoms with E-state index in [1.807, 2.05) is 18.2 Å². The Hall–Kier alpha value is -5.19. The first-order chi connectivity index (χ1) is 20.3. The molecular weight excluding hydrogens is 520 g/mol. The van der Waals surface area contributed by atoms with Crippen molar-refractivity contribution in [1.82, 2.24) is 9.55 Å². The van der Waals surface area contributed by atoms with Gasteiger partial charge in [-0.25, -0.2) is 4.98 Å². The van der Waals surface area contributed by atoms with Gasteiger partial charge in [-0.2, -0.15) is 0 Å². The second kappa shape index (κ2) is 8.65. The van der Waals surface area contributed by atoms with E-state index in [9.17, 15) is 0 Å². The molecule has 3 nitrogen and oxygen atoms in total. The van der Waals surface area contributed by atoms with Gasteiger partial charge in [-0.1, -0.05) is 91.0 Å². The van der Waals surface area contributed by atoms with Crippen LogP contribution in [0.15, 0.2) is 138 Å². The van der Waals surface area contributed by atoms with Gasteiger partial charge >= 0.3 is 0 Å². The summed E-state index contributed by atoms with van der Waals surface area (Å²) in [6, 6.07) is 47.2. The van der Waals surface area contributed by atoms with Crippen molar-refractivity contribution in [2.24, 2.45) is 0 Å². The lowest BCUT2D eigenvalue weighted by Gasteiger charge is -2.15. The predicted molar refractivity (Wildman–Crippen MR) is 172 cm³/mol. The summed E-state index contributed by atoms with van der Waals surface area (Å²) in [6.45, 7) is 0. The Balaban J connectivity index is 1.31. The number of thiazole rings is 1. The third-order valence-corrected chi connectivity index (χ3v) is 9.14. The van der Waals surface area contributed by atoms with Crippen molar-refractivity contribution in [3.05, 3.63) is 133 Å². The minimum absolute atomic E-state index is 0.887. The Morgan fingerprint density at radius 2 is 1.17 bits per heavy atom. The number of benzene rings is 6. The zero-order chi connectivity index (χ0) is 26.9. The second-order valence-electron chi connectivity index (χ2n) is 10.4. The fourth-order valence-corrected chi connectivity index (χ4v) is 7.12. The SMILES string of the molecule is c1ccc2sc(-c3ccc(-c4cc5c(cc4-n4c6ccccc6c6ccccc64)oc4ccccc45)cc3)nc2c1. The Morgan fingerprint density at radius 3 is 1.93 bits per heavy atom. The average molecular weight is 543 g/mol. The van der Waals surface area contributed by atoms with Crippen molar-refractivity contribution < 1.29 is 4.42 Å². The van der Waals surface area contributed by atoms with Crippen LogP contribution >= 0.6 is 11.3 Å². The molecule has 192 valence electrons. The van der Waals surface area contributed by atoms with Gasteiger partial charge < -0.3 is 8.98 Å². The van der Waals surface area contributed by atoms with Crippen LogP contribution in [-0.4, -0.2) is 9.55 Å². The Bertz CT molecular complexity index is 2340. The summed E-state index contributed by atoms with van der Waals surface area (Å²) in [4.78, 5) is 4.88. The molecular formula is C37H22N2OS. The maximum absolute atomic E-state index is 6.39. The highest BCUT2D eigenvalue weighted by atomic mass is 32.1. The lowest BCUT2D eigenvalue weighted by atomic mass is 9.99. The summed E-state index contributed by atoms with van der Waals surface area (Å²) in [7, 11) is 0. The minimum atomic E-state index is 0.887. The third-order valence-electron chi connectivity index (χ3n) is 8.05. The van der Waals surface area contributed by atoms with Crippen molar-refractivity contribution >= 4 is 65.3 Å². The molecule has 0 N–H and O–H groups in total. The van der Waals surface area contributed by atoms with E-state index < -0.39 is 0 Å². The zero-order valence-electron chi connectivity index (χ0n) is 21.9. The molecule has 0 bridgehead atoms. The van der Waals surface area contributed by atoms with Gasteiger partial charge in [0.15, 0.2) is 0 Å². The van der Waals surface area contributed by atoms with E-state index >= 15 is 0 Å². The molecule has 0 aliphatic heterocycles. The Morgan fingerprint density at radius 1 is 0.537 bits per heavy atom. The topological polar surface area (TPSA) is 31.0 Å². The van der Waals surface area contributed by atoms with Crippen LogP contribution in [0.3, 0.4) is 0 Å². The standard InChI is InChI=1S/C37H22N2OS/c1-5-13-31-25(9-1)26-10-2-6-14-32(26)39(31)33-22-35-29(27-11-3-7-15-34(27)40-35)21-28(33)23-17-19-24(20-18-23)37-38-30-12-4-8-16-36(30)41-37/h1-22H. The largest absolute Gasteiger partial charge is 0.456 e. The van der Waals surface area contributed by atoms with E-state index in [4.69, 9.17) is 9.40 Å². The molecule has 3 aromatic heterocycles. The molecule has 0 amide bonds. The van der Waals surface area contributed by atoms with Gasteiger partial charge in [0.05, 0.1) is 26.9 Å². The number of hydrogen-bond donors (Lipinski definition) is 0. The molecule has 0 saturated heterocycles. The summed E-state index contributed by atoms with van der Waals surface area (Å²) in [5, 5.41) is 5.77. The van der Waals surface area contributed by atoms with Crippen molar-refractivity contribution in [2.45, 2.75) is 0 Å². The Kier molecular flexibility index (Phi) is 4.77. The minimum Gasteiger partial charge on any atom is -0.456 e. The molecule has 4 heteroatoms. The third kappa shape index (κ3) is 3.41. The quantitative estimate of drug-likeness (QED) is 0.222. The smallest absolute Gasteiger partial charge is 0.137 e. The van der Waals surface area contributed by atoms with Crippen LogP contribution in [0.2, 0.25) is 0 Å². The summed E-state index contributed by atoms with van der Waals surface area (Å²) >= 11 is 1.73. The molecule has 0 aliphatic carbocycles. The van der Waals surface area contributed by atoms with Gasteiger partial charge in [-0.15, -0.1) is 11.3 Å². The zero-order valence-corrected chi connectivity index (χ0v) is 22.7. The van der Waals surface area contributed by atoms with Gasteiger partial charge in [-0.05, 0) is 42.0 Å². The van der Waals surface area contributed by atoms with Gasteiger partial charge in [-0.3, -0.25) is 0 Å². The number of aromatic nitrogens is 2. The van der Waals surface area contributed by atoms with E-state index in [0.29, 0.717) is 0 Å². The monoisotopic (exact) mass is 542 g/mol. The molecule has 0 unspecified atom stereocenters. The van der Waals surface area contributed by atoms with E-state index in [2.05, 4.69) is 120 Å². The average Bonchev–Trinajstić information content (AvgIpc) is 3.72. The van der Waals surface area contributed by atoms with Crippen LogP contribution in [-0.2, 0) is 0 Å². The second-order valence-corrected chi connectivity index (χ2v) is 11.4. The highest BCUT2D eigenvalue weighted by Gasteiger charge is 2.19. The van der Waals surface area contributed by atoms with Crippen LogP contribution in [0.25, 0.3) is 81.3 Å². The molecule has 9 rings (SSSR count). The van der Waals surface area contributed by atoms with Crippen molar-refractivity contribution in [3.63, 3.8) is 0 Å². The first kappa shape index (κ1) is 22.6. The van der Waals surface area contributed by atoms with E-state index in [1.165, 1.54) is 26.5 Å². The van der Waals surface area contributed by atoms with Gasteiger partial charge in [0.1, 0.15) is 16.2 Å². The molecule has 0 radical (unpaired) electrons. The lowest BCUT2D eigenvalue weighted by molar-refractivity contribution is 0.668. The van der Waals surface area contributed by atoms with Gasteiger partial charge in [0.25, 0.3) is 0 Å². The fraction of sp³-hybridized carbons (Fsp3) is 0. The highest BCUT2D eigenvalue weighted by molar-refractivity contribution is 7.21. The molecule has 0 saturated carbocycles. The number of hydrogen-bond acceptors (Lipinski definition) is 3. The van der Waals surface area contributed by atoms with E-state index in [1.54, 1.807) is 11.3 Å². The van der Waals surface area contributed by atoms with Crippen LogP contribution < -0.4 is 0 Å². The number of nitrogens with zero attached hydrogens (tertiary/aromatic N) is 2. The number of para-hydroxylation sites is 4. The molecule has 0 atom stereocenters. The fourth-order valence-electron chi connectivity index (χ4n) is 6.15. The summed E-state index contributed by atoms with van der Waals surface area (Å²) < 4.78 is 9.98. The predicted octanol–water partition coefficient (Wildman–Crippen LogP) is 10.6. The number of rotatable bonds is 3. The maximum atomic E-state index is 6.39. The van der Waals surface area contributed by atoms with Crippen LogP contribution in [0.1, 0.15) is 0 Å². The molecule has 0 aliphatic rings. The number of furan rings is 1. The van der Waals surface area contributed by atoms with Crippen LogP contribution in [0, 0.1) is 0 Å². The van der Waals surface area contributed by atoms with Gasteiger partial charge in [0, 0.05) is 38.7 Å². The highest BCUT2D eigenvalue weighted by Crippen LogP contribution is 2.41. The first-order valence-corrected chi connectivity index (χ1v) is 14.5. The summed E-state index contributed by atoms with van der Waals surface area (Å²) in [5.74, 6) is 0. The molecule has 9 aromatic rings. The summed E-state index contributed by atoms with van der Waals surface area (Å²) in [6.07, 6.45) is 0. The lowest BCUT2D eigenvalue weighted by Crippen LogP contribution is -1.97. The van der Waals surface area contributed by atoms with Crippen molar-refractivity contribution in [1.29, 1.82) is 0 Å². The van der Waals surface area contributed by atoms with Crippen LogP contribution in [0.4, 0.5) is 0 Å². The normalized spacial score (nSPS) is 11.9. The molecule has 0 fully saturated rings. The van der Waals surface area contributed by atoms with Crippen molar-refractivity contribution in [2.75, 3.05) is 0 Å². The van der Waals surface area contributed by atoms with Crippen LogP contribution in [0.5, 0.6) is 0 Å². The Labute approximate surface area is 239 Å². The maximum Gasteiger partial charge on any atom is 0.137 e. The van der Waals surface area contributed by atoms with E-state index in [-0.39, 0.29) is 0 Å².